The third-order valence-electron chi connectivity index (χ3n) is 4.00. The molecule has 2 aromatic carbocycles. The number of carbonyl (C=O) groups excluding carboxylic acids is 1. The molecule has 0 unspecified atom stereocenters. The number of ether oxygens (including phenoxy) is 1. The fraction of sp³-hybridized carbons (Fsp3) is 0.200. The molecule has 0 aliphatic heterocycles. The average Bonchev–Trinajstić information content (AvgIpc) is 3.08. The zero-order chi connectivity index (χ0) is 18.7. The molecule has 0 spiro atoms. The molecule has 1 heterocycles. The van der Waals surface area contributed by atoms with Gasteiger partial charge in [-0.05, 0) is 42.3 Å². The summed E-state index contributed by atoms with van der Waals surface area (Å²) in [7, 11) is 1.59. The lowest BCUT2D eigenvalue weighted by Crippen LogP contribution is -2.15. The highest BCUT2D eigenvalue weighted by molar-refractivity contribution is 6.30. The van der Waals surface area contributed by atoms with E-state index in [1.165, 1.54) is 0 Å². The van der Waals surface area contributed by atoms with Crippen LogP contribution in [0, 0.1) is 0 Å². The zero-order valence-electron chi connectivity index (χ0n) is 14.9. The van der Waals surface area contributed by atoms with E-state index >= 15 is 0 Å². The Morgan fingerprint density at radius 1 is 1.19 bits per heavy atom. The summed E-state index contributed by atoms with van der Waals surface area (Å²) in [4.78, 5) is 12.8. The molecule has 5 nitrogen and oxygen atoms in total. The summed E-state index contributed by atoms with van der Waals surface area (Å²) < 4.78 is 6.98. The lowest BCUT2D eigenvalue weighted by atomic mass is 10.0. The molecule has 3 rings (SSSR count). The van der Waals surface area contributed by atoms with E-state index in [9.17, 15) is 4.79 Å². The van der Waals surface area contributed by atoms with E-state index in [2.05, 4.69) is 10.4 Å². The molecule has 0 saturated heterocycles. The minimum atomic E-state index is -0.206. The van der Waals surface area contributed by atoms with E-state index in [0.717, 1.165) is 11.4 Å². The van der Waals surface area contributed by atoms with Gasteiger partial charge in [0.2, 0.25) is 0 Å². The molecule has 1 amide bonds. The molecule has 0 radical (unpaired) electrons. The molecule has 1 aromatic heterocycles. The predicted octanol–water partition coefficient (Wildman–Crippen LogP) is 4.91. The number of hydrogen-bond donors (Lipinski definition) is 1. The molecule has 6 heteroatoms. The molecule has 0 saturated carbocycles. The molecule has 0 bridgehead atoms. The van der Waals surface area contributed by atoms with E-state index in [-0.39, 0.29) is 11.8 Å². The highest BCUT2D eigenvalue weighted by Gasteiger charge is 2.21. The first-order valence-electron chi connectivity index (χ1n) is 8.29. The number of aromatic nitrogens is 2. The van der Waals surface area contributed by atoms with E-state index in [1.54, 1.807) is 36.2 Å². The van der Waals surface area contributed by atoms with Crippen molar-refractivity contribution in [3.63, 3.8) is 0 Å². The fourth-order valence-electron chi connectivity index (χ4n) is 2.78. The van der Waals surface area contributed by atoms with Crippen molar-refractivity contribution in [2.45, 2.75) is 19.8 Å². The first-order valence-corrected chi connectivity index (χ1v) is 8.66. The zero-order valence-corrected chi connectivity index (χ0v) is 15.6. The Hall–Kier alpha value is -2.79. The van der Waals surface area contributed by atoms with Gasteiger partial charge in [0.15, 0.2) is 0 Å². The molecule has 0 aliphatic carbocycles. The third kappa shape index (κ3) is 3.73. The van der Waals surface area contributed by atoms with Gasteiger partial charge in [0.25, 0.3) is 5.91 Å². The first kappa shape index (κ1) is 18.0. The fourth-order valence-corrected chi connectivity index (χ4v) is 2.90. The number of methoxy groups -OCH3 is 1. The smallest absolute Gasteiger partial charge is 0.259 e. The van der Waals surface area contributed by atoms with Gasteiger partial charge in [-0.1, -0.05) is 31.5 Å². The maximum Gasteiger partial charge on any atom is 0.259 e. The summed E-state index contributed by atoms with van der Waals surface area (Å²) in [6.45, 7) is 4.07. The number of amides is 1. The van der Waals surface area contributed by atoms with Crippen LogP contribution in [0.2, 0.25) is 5.02 Å². The molecular formula is C20H20ClN3O2. The minimum absolute atomic E-state index is 0.110. The highest BCUT2D eigenvalue weighted by Crippen LogP contribution is 2.25. The maximum atomic E-state index is 12.8. The normalized spacial score (nSPS) is 10.8. The van der Waals surface area contributed by atoms with Crippen LogP contribution in [0.5, 0.6) is 5.75 Å². The van der Waals surface area contributed by atoms with Crippen LogP contribution in [0.15, 0.2) is 54.7 Å². The molecule has 3 aromatic rings. The average molecular weight is 370 g/mol. The van der Waals surface area contributed by atoms with Gasteiger partial charge in [-0.3, -0.25) is 4.79 Å². The van der Waals surface area contributed by atoms with E-state index in [0.29, 0.717) is 22.0 Å². The van der Waals surface area contributed by atoms with Gasteiger partial charge in [-0.2, -0.15) is 5.10 Å². The number of benzene rings is 2. The molecule has 26 heavy (non-hydrogen) atoms. The van der Waals surface area contributed by atoms with Gasteiger partial charge in [0.05, 0.1) is 30.3 Å². The van der Waals surface area contributed by atoms with Gasteiger partial charge in [-0.15, -0.1) is 0 Å². The van der Waals surface area contributed by atoms with Crippen LogP contribution in [0.3, 0.4) is 0 Å². The number of carbonyl (C=O) groups is 1. The molecule has 1 N–H and O–H groups in total. The van der Waals surface area contributed by atoms with Crippen LogP contribution < -0.4 is 10.1 Å². The molecule has 0 atom stereocenters. The number of anilines is 1. The lowest BCUT2D eigenvalue weighted by Gasteiger charge is -2.13. The van der Waals surface area contributed by atoms with Crippen molar-refractivity contribution in [2.75, 3.05) is 12.4 Å². The van der Waals surface area contributed by atoms with E-state index < -0.39 is 0 Å². The Balaban J connectivity index is 1.94. The van der Waals surface area contributed by atoms with Gasteiger partial charge in [0, 0.05) is 16.8 Å². The molecule has 0 aliphatic rings. The summed E-state index contributed by atoms with van der Waals surface area (Å²) >= 11 is 5.97. The van der Waals surface area contributed by atoms with Crippen LogP contribution in [0.4, 0.5) is 5.69 Å². The number of halogens is 1. The van der Waals surface area contributed by atoms with Crippen LogP contribution >= 0.6 is 11.6 Å². The number of nitrogens with zero attached hydrogens (tertiary/aromatic N) is 2. The number of nitrogens with one attached hydrogen (secondary N) is 1. The second kappa shape index (κ2) is 7.62. The Kier molecular flexibility index (Phi) is 5.28. The molecular weight excluding hydrogens is 350 g/mol. The van der Waals surface area contributed by atoms with Crippen LogP contribution in [-0.2, 0) is 0 Å². The Morgan fingerprint density at radius 2 is 1.92 bits per heavy atom. The monoisotopic (exact) mass is 369 g/mol. The maximum absolute atomic E-state index is 12.8. The summed E-state index contributed by atoms with van der Waals surface area (Å²) in [5.41, 5.74) is 2.91. The summed E-state index contributed by atoms with van der Waals surface area (Å²) in [5, 5.41) is 7.99. The largest absolute Gasteiger partial charge is 0.497 e. The van der Waals surface area contributed by atoms with Crippen LogP contribution in [0.25, 0.3) is 5.69 Å². The van der Waals surface area contributed by atoms with Crippen molar-refractivity contribution in [2.24, 2.45) is 0 Å². The minimum Gasteiger partial charge on any atom is -0.497 e. The summed E-state index contributed by atoms with van der Waals surface area (Å²) in [6.07, 6.45) is 1.60. The second-order valence-electron chi connectivity index (χ2n) is 6.17. The second-order valence-corrected chi connectivity index (χ2v) is 6.61. The van der Waals surface area contributed by atoms with Gasteiger partial charge >= 0.3 is 0 Å². The topological polar surface area (TPSA) is 56.1 Å². The van der Waals surface area contributed by atoms with Crippen molar-refractivity contribution in [1.82, 2.24) is 9.78 Å². The van der Waals surface area contributed by atoms with Crippen molar-refractivity contribution in [3.8, 4) is 11.4 Å². The Bertz CT molecular complexity index is 917. The van der Waals surface area contributed by atoms with Crippen molar-refractivity contribution < 1.29 is 9.53 Å². The third-order valence-corrected chi connectivity index (χ3v) is 4.25. The summed E-state index contributed by atoms with van der Waals surface area (Å²) in [6, 6.07) is 14.6. The Labute approximate surface area is 157 Å². The van der Waals surface area contributed by atoms with Crippen LogP contribution in [-0.4, -0.2) is 22.8 Å². The standard InChI is InChI=1S/C20H20ClN3O2/c1-13(2)19-18(12-22-24(19)16-9-7-14(21)8-10-16)20(25)23-15-5-4-6-17(11-15)26-3/h4-13H,1-3H3,(H,23,25). The van der Waals surface area contributed by atoms with E-state index in [4.69, 9.17) is 16.3 Å². The summed E-state index contributed by atoms with van der Waals surface area (Å²) in [5.74, 6) is 0.588. The van der Waals surface area contributed by atoms with Crippen LogP contribution in [0.1, 0.15) is 35.8 Å². The van der Waals surface area contributed by atoms with E-state index in [1.807, 2.05) is 44.2 Å². The van der Waals surface area contributed by atoms with Crippen molar-refractivity contribution >= 4 is 23.2 Å². The molecule has 134 valence electrons. The number of rotatable bonds is 5. The predicted molar refractivity (Wildman–Crippen MR) is 104 cm³/mol. The SMILES string of the molecule is COc1cccc(NC(=O)c2cnn(-c3ccc(Cl)cc3)c2C(C)C)c1. The molecule has 0 fully saturated rings. The van der Waals surface area contributed by atoms with Gasteiger partial charge in [-0.25, -0.2) is 4.68 Å². The quantitative estimate of drug-likeness (QED) is 0.695. The first-order chi connectivity index (χ1) is 12.5. The van der Waals surface area contributed by atoms with Crippen molar-refractivity contribution in [1.29, 1.82) is 0 Å². The highest BCUT2D eigenvalue weighted by atomic mass is 35.5. The Morgan fingerprint density at radius 3 is 2.58 bits per heavy atom. The lowest BCUT2D eigenvalue weighted by molar-refractivity contribution is 0.102. The number of hydrogen-bond acceptors (Lipinski definition) is 3. The van der Waals surface area contributed by atoms with Gasteiger partial charge in [0.1, 0.15) is 5.75 Å². The van der Waals surface area contributed by atoms with Gasteiger partial charge < -0.3 is 10.1 Å². The van der Waals surface area contributed by atoms with Crippen molar-refractivity contribution in [3.05, 3.63) is 71.0 Å².